The molecule has 0 aliphatic heterocycles. The molecule has 1 aromatic rings. The number of urea groups is 1. The molecule has 1 fully saturated rings. The topological polar surface area (TPSA) is 114 Å². The van der Waals surface area contributed by atoms with Crippen molar-refractivity contribution in [3.63, 3.8) is 0 Å². The van der Waals surface area contributed by atoms with Crippen LogP contribution in [0.5, 0.6) is 0 Å². The van der Waals surface area contributed by atoms with Gasteiger partial charge >= 0.3 is 12.1 Å². The van der Waals surface area contributed by atoms with E-state index in [1.807, 2.05) is 39.0 Å². The van der Waals surface area contributed by atoms with Gasteiger partial charge in [0.1, 0.15) is 16.9 Å². The van der Waals surface area contributed by atoms with Crippen LogP contribution in [0.25, 0.3) is 0 Å². The van der Waals surface area contributed by atoms with Gasteiger partial charge in [0, 0.05) is 18.2 Å². The van der Waals surface area contributed by atoms with E-state index < -0.39 is 23.3 Å². The second-order valence-electron chi connectivity index (χ2n) is 12.4. The maximum absolute atomic E-state index is 13.3. The fourth-order valence-electron chi connectivity index (χ4n) is 5.67. The molecule has 3 amide bonds. The summed E-state index contributed by atoms with van der Waals surface area (Å²) < 4.78 is 11.4. The van der Waals surface area contributed by atoms with Crippen LogP contribution < -0.4 is 11.1 Å². The highest BCUT2D eigenvalue weighted by Crippen LogP contribution is 2.50. The number of aliphatic hydroxyl groups is 1. The van der Waals surface area contributed by atoms with Crippen molar-refractivity contribution in [3.8, 4) is 0 Å². The zero-order chi connectivity index (χ0) is 28.3. The van der Waals surface area contributed by atoms with E-state index in [1.165, 1.54) is 0 Å². The van der Waals surface area contributed by atoms with E-state index in [1.54, 1.807) is 44.9 Å². The van der Waals surface area contributed by atoms with Crippen LogP contribution in [0.15, 0.2) is 47.4 Å². The van der Waals surface area contributed by atoms with Crippen LogP contribution in [0.3, 0.4) is 0 Å². The first kappa shape index (κ1) is 29.4. The molecule has 0 saturated heterocycles. The predicted octanol–water partition coefficient (Wildman–Crippen LogP) is 7.12. The average Bonchev–Trinajstić information content (AvgIpc) is 3.06. The van der Waals surface area contributed by atoms with Gasteiger partial charge in [-0.3, -0.25) is 5.32 Å². The molecule has 0 radical (unpaired) electrons. The van der Waals surface area contributed by atoms with Crippen LogP contribution in [0, 0.1) is 5.41 Å². The second-order valence-corrected chi connectivity index (χ2v) is 12.4. The lowest BCUT2D eigenvalue weighted by Gasteiger charge is -2.49. The zero-order valence-corrected chi connectivity index (χ0v) is 24.0. The van der Waals surface area contributed by atoms with Gasteiger partial charge in [-0.25, -0.2) is 9.59 Å². The molecule has 2 aliphatic carbocycles. The molecule has 0 bridgehead atoms. The Balaban J connectivity index is 2.14. The van der Waals surface area contributed by atoms with Gasteiger partial charge in [-0.1, -0.05) is 58.6 Å². The molecular weight excluding hydrogens is 482 g/mol. The maximum atomic E-state index is 13.3. The number of anilines is 1. The van der Waals surface area contributed by atoms with Gasteiger partial charge in [-0.15, -0.1) is 0 Å². The molecule has 1 unspecified atom stereocenters. The minimum Gasteiger partial charge on any atom is -0.512 e. The van der Waals surface area contributed by atoms with Gasteiger partial charge in [0.05, 0.1) is 12.9 Å². The number of primary amides is 1. The molecule has 38 heavy (non-hydrogen) atoms. The van der Waals surface area contributed by atoms with E-state index in [0.29, 0.717) is 11.4 Å². The molecule has 4 N–H and O–H groups in total. The number of amides is 3. The Labute approximate surface area is 227 Å². The number of nitrogens with two attached hydrogens (primary N) is 1. The Morgan fingerprint density at radius 1 is 1.03 bits per heavy atom. The summed E-state index contributed by atoms with van der Waals surface area (Å²) >= 11 is 0. The Kier molecular flexibility index (Phi) is 8.74. The lowest BCUT2D eigenvalue weighted by Crippen LogP contribution is -2.58. The monoisotopic (exact) mass is 527 g/mol. The summed E-state index contributed by atoms with van der Waals surface area (Å²) in [4.78, 5) is 27.3. The summed E-state index contributed by atoms with van der Waals surface area (Å²) in [6.07, 6.45) is 7.35. The second kappa shape index (κ2) is 11.3. The summed E-state index contributed by atoms with van der Waals surface area (Å²) in [6.45, 7) is 11.5. The lowest BCUT2D eigenvalue weighted by atomic mass is 9.72. The minimum atomic E-state index is -1.14. The molecule has 0 aromatic heterocycles. The van der Waals surface area contributed by atoms with Gasteiger partial charge in [0.2, 0.25) is 0 Å². The summed E-state index contributed by atoms with van der Waals surface area (Å²) in [7, 11) is 1.59. The van der Waals surface area contributed by atoms with E-state index >= 15 is 0 Å². The van der Waals surface area contributed by atoms with E-state index in [0.717, 1.165) is 49.7 Å². The summed E-state index contributed by atoms with van der Waals surface area (Å²) in [5.74, 6) is 0.755. The van der Waals surface area contributed by atoms with Gasteiger partial charge in [-0.2, -0.15) is 0 Å². The number of benzene rings is 1. The largest absolute Gasteiger partial charge is 0.512 e. The van der Waals surface area contributed by atoms with Crippen LogP contribution in [0.1, 0.15) is 92.1 Å². The quantitative estimate of drug-likeness (QED) is 0.353. The number of hydrogen-bond donors (Lipinski definition) is 3. The number of carbonyl (C=O) groups excluding carboxylic acids is 2. The third-order valence-electron chi connectivity index (χ3n) is 7.29. The molecule has 1 atom stereocenters. The molecule has 210 valence electrons. The predicted molar refractivity (Wildman–Crippen MR) is 150 cm³/mol. The third-order valence-corrected chi connectivity index (χ3v) is 7.29. The summed E-state index contributed by atoms with van der Waals surface area (Å²) in [6, 6.07) is 6.57. The number of nitrogens with one attached hydrogen (secondary N) is 1. The van der Waals surface area contributed by atoms with Crippen molar-refractivity contribution in [2.24, 2.45) is 11.1 Å². The van der Waals surface area contributed by atoms with Crippen LogP contribution in [0.4, 0.5) is 15.3 Å². The van der Waals surface area contributed by atoms with E-state index in [2.05, 4.69) is 5.32 Å². The minimum absolute atomic E-state index is 0.0999. The Morgan fingerprint density at radius 2 is 1.61 bits per heavy atom. The number of methoxy groups -OCH3 is 1. The maximum Gasteiger partial charge on any atom is 0.412 e. The molecule has 0 heterocycles. The molecule has 8 heteroatoms. The van der Waals surface area contributed by atoms with E-state index in [-0.39, 0.29) is 23.6 Å². The Morgan fingerprint density at radius 3 is 2.08 bits per heavy atom. The number of rotatable bonds is 5. The standard InChI is InChI=1S/C30H45N3O5/c1-28(2,3)23-18-25(37-7)30(19-24(23)34,33(26(31)35)22-12-10-8-9-11-13-22)20-14-16-21(17-15-20)32-27(36)38-29(4,5)6/h14-18,22,34H,8-13,19H2,1-7H3,(H2,31,35)(H,32,36). The molecule has 1 aromatic carbocycles. The number of nitrogens with zero attached hydrogens (tertiary/aromatic N) is 1. The molecule has 8 nitrogen and oxygen atoms in total. The van der Waals surface area contributed by atoms with Crippen molar-refractivity contribution in [3.05, 3.63) is 53.0 Å². The Bertz CT molecular complexity index is 1070. The highest BCUT2D eigenvalue weighted by atomic mass is 16.6. The first-order chi connectivity index (χ1) is 17.7. The highest BCUT2D eigenvalue weighted by Gasteiger charge is 2.51. The van der Waals surface area contributed by atoms with Crippen LogP contribution in [-0.2, 0) is 15.0 Å². The van der Waals surface area contributed by atoms with Crippen molar-refractivity contribution in [1.82, 2.24) is 4.90 Å². The van der Waals surface area contributed by atoms with Gasteiger partial charge in [0.15, 0.2) is 0 Å². The average molecular weight is 528 g/mol. The number of aliphatic hydroxyl groups excluding tert-OH is 1. The fraction of sp³-hybridized carbons (Fsp3) is 0.600. The van der Waals surface area contributed by atoms with E-state index in [9.17, 15) is 14.7 Å². The smallest absolute Gasteiger partial charge is 0.412 e. The first-order valence-electron chi connectivity index (χ1n) is 13.6. The number of carbonyl (C=O) groups is 2. The number of hydrogen-bond acceptors (Lipinski definition) is 5. The molecule has 1 saturated carbocycles. The Hall–Kier alpha value is -3.16. The zero-order valence-electron chi connectivity index (χ0n) is 24.0. The normalized spacial score (nSPS) is 21.3. The number of allylic oxidation sites excluding steroid dienone is 2. The first-order valence-corrected chi connectivity index (χ1v) is 13.6. The van der Waals surface area contributed by atoms with Crippen LogP contribution in [0.2, 0.25) is 0 Å². The fourth-order valence-corrected chi connectivity index (χ4v) is 5.67. The van der Waals surface area contributed by atoms with Crippen molar-refractivity contribution in [1.29, 1.82) is 0 Å². The lowest BCUT2D eigenvalue weighted by molar-refractivity contribution is 0.0416. The molecule has 0 spiro atoms. The third kappa shape index (κ3) is 6.45. The van der Waals surface area contributed by atoms with E-state index in [4.69, 9.17) is 15.2 Å². The summed E-state index contributed by atoms with van der Waals surface area (Å²) in [5, 5.41) is 14.2. The molecule has 3 rings (SSSR count). The van der Waals surface area contributed by atoms with Gasteiger partial charge < -0.3 is 25.2 Å². The van der Waals surface area contributed by atoms with Gasteiger partial charge in [0.25, 0.3) is 0 Å². The van der Waals surface area contributed by atoms with Crippen molar-refractivity contribution in [2.45, 2.75) is 104 Å². The van der Waals surface area contributed by atoms with Crippen LogP contribution >= 0.6 is 0 Å². The highest BCUT2D eigenvalue weighted by molar-refractivity contribution is 5.85. The summed E-state index contributed by atoms with van der Waals surface area (Å²) in [5.41, 5.74) is 6.10. The van der Waals surface area contributed by atoms with Crippen LogP contribution in [-0.4, -0.2) is 40.9 Å². The molecule has 2 aliphatic rings. The van der Waals surface area contributed by atoms with Gasteiger partial charge in [-0.05, 0) is 68.4 Å². The van der Waals surface area contributed by atoms with Crippen molar-refractivity contribution >= 4 is 17.8 Å². The van der Waals surface area contributed by atoms with Crippen molar-refractivity contribution in [2.75, 3.05) is 12.4 Å². The van der Waals surface area contributed by atoms with Crippen molar-refractivity contribution < 1.29 is 24.2 Å². The number of ether oxygens (including phenoxy) is 2. The SMILES string of the molecule is COC1=CC(C(C)(C)C)=C(O)CC1(c1ccc(NC(=O)OC(C)(C)C)cc1)N(C(N)=O)C1CCCCCC1. The molecular formula is C30H45N3O5.